The van der Waals surface area contributed by atoms with Gasteiger partial charge in [-0.25, -0.2) is 9.59 Å². The zero-order valence-corrected chi connectivity index (χ0v) is 25.8. The molecule has 2 aliphatic rings. The molecule has 1 fully saturated rings. The number of hydrogen-bond donors (Lipinski definition) is 1. The van der Waals surface area contributed by atoms with E-state index in [2.05, 4.69) is 35.3 Å². The largest absolute Gasteiger partial charge is 0.466 e. The van der Waals surface area contributed by atoms with Crippen molar-refractivity contribution in [2.75, 3.05) is 51.8 Å². The second-order valence-corrected chi connectivity index (χ2v) is 10.8. The highest BCUT2D eigenvalue weighted by atomic mass is 16.5. The summed E-state index contributed by atoms with van der Waals surface area (Å²) < 4.78 is 10.2. The van der Waals surface area contributed by atoms with Gasteiger partial charge in [0.1, 0.15) is 11.5 Å². The number of amides is 1. The Kier molecular flexibility index (Phi) is 9.95. The number of hydrogen-bond acceptors (Lipinski definition) is 9. The van der Waals surface area contributed by atoms with Gasteiger partial charge in [-0.1, -0.05) is 72.8 Å². The molecule has 46 heavy (non-hydrogen) atoms. The predicted octanol–water partition coefficient (Wildman–Crippen LogP) is 4.06. The number of benzene rings is 3. The highest BCUT2D eigenvalue weighted by molar-refractivity contribution is 6.06. The molecule has 0 saturated carbocycles. The van der Waals surface area contributed by atoms with Gasteiger partial charge < -0.3 is 20.1 Å². The summed E-state index contributed by atoms with van der Waals surface area (Å²) in [6.07, 6.45) is 4.23. The molecular formula is C36H35N5O5. The predicted molar refractivity (Wildman–Crippen MR) is 174 cm³/mol. The lowest BCUT2D eigenvalue weighted by atomic mass is 9.81. The van der Waals surface area contributed by atoms with Crippen LogP contribution in [-0.2, 0) is 19.1 Å². The monoisotopic (exact) mass is 617 g/mol. The number of allylic oxidation sites excluding steroid dienone is 1. The number of rotatable bonds is 8. The molecule has 1 amide bonds. The van der Waals surface area contributed by atoms with E-state index in [1.807, 2.05) is 23.1 Å². The maximum atomic E-state index is 13.4. The van der Waals surface area contributed by atoms with Gasteiger partial charge in [0.25, 0.3) is 5.91 Å². The van der Waals surface area contributed by atoms with E-state index in [0.717, 1.165) is 25.2 Å². The van der Waals surface area contributed by atoms with Crippen molar-refractivity contribution in [3.8, 4) is 6.07 Å². The Balaban J connectivity index is 1.38. The molecule has 3 aromatic carbocycles. The van der Waals surface area contributed by atoms with E-state index in [1.54, 1.807) is 54.6 Å². The lowest BCUT2D eigenvalue weighted by Crippen LogP contribution is -2.48. The first-order chi connectivity index (χ1) is 22.4. The zero-order valence-electron chi connectivity index (χ0n) is 25.8. The molecule has 2 heterocycles. The van der Waals surface area contributed by atoms with Crippen LogP contribution in [0.1, 0.15) is 27.4 Å². The van der Waals surface area contributed by atoms with Crippen LogP contribution < -0.4 is 10.6 Å². The number of piperazine rings is 1. The smallest absolute Gasteiger partial charge is 0.355 e. The average Bonchev–Trinajstić information content (AvgIpc) is 3.11. The van der Waals surface area contributed by atoms with Crippen molar-refractivity contribution < 1.29 is 23.9 Å². The second-order valence-electron chi connectivity index (χ2n) is 10.8. The number of carbonyl (C=O) groups is 3. The van der Waals surface area contributed by atoms with Gasteiger partial charge in [0.15, 0.2) is 0 Å². The van der Waals surface area contributed by atoms with Crippen molar-refractivity contribution in [1.82, 2.24) is 9.80 Å². The van der Waals surface area contributed by atoms with Gasteiger partial charge in [0.2, 0.25) is 0 Å². The first-order valence-electron chi connectivity index (χ1n) is 14.9. The molecule has 1 unspecified atom stereocenters. The Hall–Kier alpha value is -5.66. The Morgan fingerprint density at radius 1 is 0.870 bits per heavy atom. The molecule has 3 aromatic rings. The van der Waals surface area contributed by atoms with Crippen molar-refractivity contribution >= 4 is 29.6 Å². The van der Waals surface area contributed by atoms with Gasteiger partial charge in [-0.05, 0) is 35.4 Å². The standard InChI is InChI=1S/C36H35N5O5/c1-45-35(43)31-30(26-13-7-4-8-14-26)29(24-37)33(38)41(32(31)36(44)46-2)28-17-15-27(16-18-28)34(42)40-22-20-39(21-23-40)19-9-12-25-10-5-3-6-11-25/h3-18,30H,19-23,38H2,1-2H3. The number of esters is 2. The molecule has 5 rings (SSSR count). The number of nitrogens with two attached hydrogens (primary N) is 1. The van der Waals surface area contributed by atoms with E-state index in [0.29, 0.717) is 29.9 Å². The summed E-state index contributed by atoms with van der Waals surface area (Å²) in [6.45, 7) is 3.48. The Morgan fingerprint density at radius 2 is 1.48 bits per heavy atom. The van der Waals surface area contributed by atoms with Gasteiger partial charge in [-0.3, -0.25) is 14.6 Å². The minimum absolute atomic E-state index is 0.0408. The molecule has 234 valence electrons. The summed E-state index contributed by atoms with van der Waals surface area (Å²) in [5, 5.41) is 10.2. The molecule has 10 nitrogen and oxygen atoms in total. The molecule has 10 heteroatoms. The lowest BCUT2D eigenvalue weighted by Gasteiger charge is -2.36. The van der Waals surface area contributed by atoms with Crippen LogP contribution in [0, 0.1) is 11.3 Å². The summed E-state index contributed by atoms with van der Waals surface area (Å²) in [7, 11) is 2.40. The van der Waals surface area contributed by atoms with Gasteiger partial charge >= 0.3 is 11.9 Å². The fraction of sp³-hybridized carbons (Fsp3) is 0.222. The number of nitrogens with zero attached hydrogens (tertiary/aromatic N) is 4. The molecule has 2 aliphatic heterocycles. The van der Waals surface area contributed by atoms with Crippen molar-refractivity contribution in [3.05, 3.63) is 130 Å². The van der Waals surface area contributed by atoms with Crippen molar-refractivity contribution in [3.63, 3.8) is 0 Å². The van der Waals surface area contributed by atoms with Crippen LogP contribution in [0.15, 0.2) is 114 Å². The summed E-state index contributed by atoms with van der Waals surface area (Å²) in [5.74, 6) is -2.76. The number of methoxy groups -OCH3 is 2. The van der Waals surface area contributed by atoms with Gasteiger partial charge in [0, 0.05) is 44.0 Å². The third-order valence-corrected chi connectivity index (χ3v) is 8.12. The van der Waals surface area contributed by atoms with Gasteiger partial charge in [-0.15, -0.1) is 0 Å². The molecule has 1 saturated heterocycles. The SMILES string of the molecule is COC(=O)C1=C(C(=O)OC)N(c2ccc(C(=O)N3CCN(CC=Cc4ccccc4)CC3)cc2)C(N)=C(C#N)C1c1ccccc1. The molecule has 0 aliphatic carbocycles. The van der Waals surface area contributed by atoms with Crippen LogP contribution in [0.2, 0.25) is 0 Å². The van der Waals surface area contributed by atoms with Crippen LogP contribution in [0.4, 0.5) is 5.69 Å². The fourth-order valence-corrected chi connectivity index (χ4v) is 5.75. The van der Waals surface area contributed by atoms with E-state index in [-0.39, 0.29) is 28.6 Å². The zero-order chi connectivity index (χ0) is 32.6. The first kappa shape index (κ1) is 31.8. The third kappa shape index (κ3) is 6.55. The van der Waals surface area contributed by atoms with E-state index in [4.69, 9.17) is 15.2 Å². The lowest BCUT2D eigenvalue weighted by molar-refractivity contribution is -0.139. The van der Waals surface area contributed by atoms with E-state index in [9.17, 15) is 19.6 Å². The Labute approximate surface area is 268 Å². The molecular weight excluding hydrogens is 582 g/mol. The van der Waals surface area contributed by atoms with Gasteiger partial charge in [-0.2, -0.15) is 5.26 Å². The van der Waals surface area contributed by atoms with Crippen LogP contribution in [0.3, 0.4) is 0 Å². The highest BCUT2D eigenvalue weighted by Gasteiger charge is 2.43. The molecule has 0 aromatic heterocycles. The quantitative estimate of drug-likeness (QED) is 0.372. The average molecular weight is 618 g/mol. The third-order valence-electron chi connectivity index (χ3n) is 8.12. The summed E-state index contributed by atoms with van der Waals surface area (Å²) >= 11 is 0. The normalized spacial score (nSPS) is 17.2. The Bertz CT molecular complexity index is 1720. The van der Waals surface area contributed by atoms with Crippen LogP contribution in [0.5, 0.6) is 0 Å². The number of ether oxygens (including phenoxy) is 2. The number of carbonyl (C=O) groups excluding carboxylic acids is 3. The Morgan fingerprint density at radius 3 is 2.07 bits per heavy atom. The van der Waals surface area contributed by atoms with Crippen molar-refractivity contribution in [2.24, 2.45) is 5.73 Å². The van der Waals surface area contributed by atoms with E-state index >= 15 is 0 Å². The minimum Gasteiger partial charge on any atom is -0.466 e. The van der Waals surface area contributed by atoms with Crippen molar-refractivity contribution in [1.29, 1.82) is 5.26 Å². The highest BCUT2D eigenvalue weighted by Crippen LogP contribution is 2.43. The van der Waals surface area contributed by atoms with Crippen LogP contribution >= 0.6 is 0 Å². The maximum absolute atomic E-state index is 13.4. The van der Waals surface area contributed by atoms with Gasteiger partial charge in [0.05, 0.1) is 37.4 Å². The summed E-state index contributed by atoms with van der Waals surface area (Å²) in [5.41, 5.74) is 8.95. The van der Waals surface area contributed by atoms with Crippen LogP contribution in [-0.4, -0.2) is 74.6 Å². The topological polar surface area (TPSA) is 129 Å². The first-order valence-corrected chi connectivity index (χ1v) is 14.9. The molecule has 2 N–H and O–H groups in total. The fourth-order valence-electron chi connectivity index (χ4n) is 5.75. The molecule has 0 spiro atoms. The van der Waals surface area contributed by atoms with Crippen molar-refractivity contribution in [2.45, 2.75) is 5.92 Å². The summed E-state index contributed by atoms with van der Waals surface area (Å²) in [6, 6.07) is 27.6. The van der Waals surface area contributed by atoms with E-state index < -0.39 is 17.9 Å². The summed E-state index contributed by atoms with van der Waals surface area (Å²) in [4.78, 5) is 45.4. The molecule has 0 radical (unpaired) electrons. The van der Waals surface area contributed by atoms with E-state index in [1.165, 1.54) is 19.1 Å². The van der Waals surface area contributed by atoms with Crippen LogP contribution in [0.25, 0.3) is 6.08 Å². The molecule has 1 atom stereocenters. The number of anilines is 1. The minimum atomic E-state index is -0.961. The molecule has 0 bridgehead atoms. The number of nitriles is 1. The second kappa shape index (κ2) is 14.4. The maximum Gasteiger partial charge on any atom is 0.355 e.